The number of benzene rings is 3. The molecule has 0 aliphatic heterocycles. The second kappa shape index (κ2) is 8.84. The number of hydrogen-bond acceptors (Lipinski definition) is 4. The fourth-order valence-corrected chi connectivity index (χ4v) is 3.54. The zero-order valence-corrected chi connectivity index (χ0v) is 17.6. The van der Waals surface area contributed by atoms with Crippen molar-refractivity contribution in [1.82, 2.24) is 9.78 Å². The van der Waals surface area contributed by atoms with Crippen LogP contribution in [-0.4, -0.2) is 29.1 Å². The van der Waals surface area contributed by atoms with Crippen LogP contribution in [0.4, 0.5) is 11.5 Å². The highest BCUT2D eigenvalue weighted by Crippen LogP contribution is 2.29. The minimum atomic E-state index is 0.442. The van der Waals surface area contributed by atoms with E-state index < -0.39 is 0 Å². The van der Waals surface area contributed by atoms with E-state index in [0.29, 0.717) is 29.0 Å². The van der Waals surface area contributed by atoms with E-state index in [2.05, 4.69) is 52.1 Å². The van der Waals surface area contributed by atoms with Gasteiger partial charge in [0.05, 0.1) is 20.8 Å². The van der Waals surface area contributed by atoms with Crippen molar-refractivity contribution in [3.63, 3.8) is 0 Å². The second-order valence-corrected chi connectivity index (χ2v) is 7.09. The van der Waals surface area contributed by atoms with Gasteiger partial charge in [0, 0.05) is 24.0 Å². The van der Waals surface area contributed by atoms with E-state index in [1.165, 1.54) is 16.3 Å². The fourth-order valence-electron chi connectivity index (χ4n) is 3.31. The molecule has 0 atom stereocenters. The molecule has 0 aliphatic carbocycles. The third kappa shape index (κ3) is 4.36. The van der Waals surface area contributed by atoms with E-state index in [-0.39, 0.29) is 0 Å². The van der Waals surface area contributed by atoms with Gasteiger partial charge in [0.1, 0.15) is 0 Å². The summed E-state index contributed by atoms with van der Waals surface area (Å²) in [5.41, 5.74) is 2.01. The standard InChI is InChI=1S/C23H22N4O2S/c1-28-20-11-10-18(14-21(20)29-2)24-23(30)25-22-12-13-27(26-22)15-17-8-5-7-16-6-3-4-9-19(16)17/h3-14H,15H2,1-2H3,(H2,24,25,26,30). The highest BCUT2D eigenvalue weighted by Gasteiger charge is 2.08. The molecule has 0 saturated heterocycles. The average molecular weight is 419 g/mol. The maximum atomic E-state index is 5.42. The van der Waals surface area contributed by atoms with E-state index in [9.17, 15) is 0 Å². The van der Waals surface area contributed by atoms with Gasteiger partial charge in [-0.1, -0.05) is 42.5 Å². The van der Waals surface area contributed by atoms with Gasteiger partial charge < -0.3 is 20.1 Å². The quantitative estimate of drug-likeness (QED) is 0.434. The van der Waals surface area contributed by atoms with Crippen molar-refractivity contribution < 1.29 is 9.47 Å². The number of anilines is 2. The first-order valence-corrected chi connectivity index (χ1v) is 9.87. The summed E-state index contributed by atoms with van der Waals surface area (Å²) in [5.74, 6) is 1.96. The first-order chi connectivity index (χ1) is 14.7. The fraction of sp³-hybridized carbons (Fsp3) is 0.130. The Bertz CT molecular complexity index is 1180. The number of nitrogens with one attached hydrogen (secondary N) is 2. The molecule has 0 saturated carbocycles. The highest BCUT2D eigenvalue weighted by atomic mass is 32.1. The molecule has 0 amide bonds. The van der Waals surface area contributed by atoms with Gasteiger partial charge in [0.25, 0.3) is 0 Å². The minimum absolute atomic E-state index is 0.442. The molecule has 0 aliphatic rings. The summed E-state index contributed by atoms with van der Waals surface area (Å²) < 4.78 is 12.5. The highest BCUT2D eigenvalue weighted by molar-refractivity contribution is 7.80. The van der Waals surface area contributed by atoms with E-state index in [0.717, 1.165) is 5.69 Å². The zero-order chi connectivity index (χ0) is 20.9. The van der Waals surface area contributed by atoms with Crippen LogP contribution in [0.1, 0.15) is 5.56 Å². The van der Waals surface area contributed by atoms with Crippen LogP contribution in [-0.2, 0) is 6.54 Å². The Kier molecular flexibility index (Phi) is 5.81. The Morgan fingerprint density at radius 1 is 0.933 bits per heavy atom. The van der Waals surface area contributed by atoms with Crippen LogP contribution < -0.4 is 20.1 Å². The van der Waals surface area contributed by atoms with Gasteiger partial charge in [-0.05, 0) is 40.7 Å². The van der Waals surface area contributed by atoms with Crippen molar-refractivity contribution in [1.29, 1.82) is 0 Å². The molecule has 30 heavy (non-hydrogen) atoms. The molecule has 6 nitrogen and oxygen atoms in total. The molecule has 152 valence electrons. The number of thiocarbonyl (C=S) groups is 1. The predicted molar refractivity (Wildman–Crippen MR) is 125 cm³/mol. The van der Waals surface area contributed by atoms with E-state index in [1.807, 2.05) is 41.2 Å². The van der Waals surface area contributed by atoms with Gasteiger partial charge in [-0.15, -0.1) is 0 Å². The minimum Gasteiger partial charge on any atom is -0.493 e. The number of hydrogen-bond donors (Lipinski definition) is 2. The Balaban J connectivity index is 1.42. The average Bonchev–Trinajstić information content (AvgIpc) is 3.20. The molecule has 2 N–H and O–H groups in total. The molecule has 4 aromatic rings. The van der Waals surface area contributed by atoms with Crippen LogP contribution in [0.15, 0.2) is 72.9 Å². The van der Waals surface area contributed by atoms with Gasteiger partial charge in [0.2, 0.25) is 0 Å². The van der Waals surface area contributed by atoms with Crippen LogP contribution in [0.25, 0.3) is 10.8 Å². The van der Waals surface area contributed by atoms with Crippen molar-refractivity contribution >= 4 is 39.6 Å². The summed E-state index contributed by atoms with van der Waals surface area (Å²) >= 11 is 5.42. The monoisotopic (exact) mass is 418 g/mol. The Morgan fingerprint density at radius 2 is 1.73 bits per heavy atom. The number of rotatable bonds is 6. The van der Waals surface area contributed by atoms with Gasteiger partial charge in [0.15, 0.2) is 22.4 Å². The molecular formula is C23H22N4O2S. The summed E-state index contributed by atoms with van der Waals surface area (Å²) in [6.45, 7) is 0.679. The van der Waals surface area contributed by atoms with Crippen LogP contribution in [0.3, 0.4) is 0 Å². The lowest BCUT2D eigenvalue weighted by Gasteiger charge is -2.12. The summed E-state index contributed by atoms with van der Waals surface area (Å²) in [6, 6.07) is 22.1. The molecule has 3 aromatic carbocycles. The van der Waals surface area contributed by atoms with Crippen LogP contribution in [0.5, 0.6) is 11.5 Å². The number of ether oxygens (including phenoxy) is 2. The van der Waals surface area contributed by atoms with Crippen LogP contribution in [0, 0.1) is 0 Å². The molecule has 7 heteroatoms. The lowest BCUT2D eigenvalue weighted by atomic mass is 10.0. The SMILES string of the molecule is COc1ccc(NC(=S)Nc2ccn(Cc3cccc4ccccc34)n2)cc1OC. The van der Waals surface area contributed by atoms with Gasteiger partial charge in [-0.3, -0.25) is 4.68 Å². The third-order valence-electron chi connectivity index (χ3n) is 4.74. The van der Waals surface area contributed by atoms with Crippen molar-refractivity contribution in [2.45, 2.75) is 6.54 Å². The molecule has 1 aromatic heterocycles. The van der Waals surface area contributed by atoms with Gasteiger partial charge >= 0.3 is 0 Å². The molecule has 1 heterocycles. The van der Waals surface area contributed by atoms with Gasteiger partial charge in [-0.25, -0.2) is 0 Å². The lowest BCUT2D eigenvalue weighted by Crippen LogP contribution is -2.19. The van der Waals surface area contributed by atoms with Crippen molar-refractivity contribution in [3.05, 3.63) is 78.5 Å². The molecule has 0 unspecified atom stereocenters. The van der Waals surface area contributed by atoms with Crippen LogP contribution in [0.2, 0.25) is 0 Å². The molecule has 0 fully saturated rings. The number of fused-ring (bicyclic) bond motifs is 1. The normalized spacial score (nSPS) is 10.6. The third-order valence-corrected chi connectivity index (χ3v) is 4.94. The van der Waals surface area contributed by atoms with Crippen molar-refractivity contribution in [2.75, 3.05) is 24.9 Å². The molecular weight excluding hydrogens is 396 g/mol. The van der Waals surface area contributed by atoms with Gasteiger partial charge in [-0.2, -0.15) is 5.10 Å². The summed E-state index contributed by atoms with van der Waals surface area (Å²) in [4.78, 5) is 0. The van der Waals surface area contributed by atoms with Crippen LogP contribution >= 0.6 is 12.2 Å². The maximum Gasteiger partial charge on any atom is 0.176 e. The molecule has 0 spiro atoms. The first-order valence-electron chi connectivity index (χ1n) is 9.46. The zero-order valence-electron chi connectivity index (χ0n) is 16.8. The predicted octanol–water partition coefficient (Wildman–Crippen LogP) is 4.91. The van der Waals surface area contributed by atoms with E-state index in [4.69, 9.17) is 21.7 Å². The Labute approximate surface area is 180 Å². The van der Waals surface area contributed by atoms with Crippen molar-refractivity contribution in [3.8, 4) is 11.5 Å². The number of methoxy groups -OCH3 is 2. The Morgan fingerprint density at radius 3 is 2.57 bits per heavy atom. The lowest BCUT2D eigenvalue weighted by molar-refractivity contribution is 0.355. The number of aromatic nitrogens is 2. The van der Waals surface area contributed by atoms with E-state index in [1.54, 1.807) is 14.2 Å². The largest absolute Gasteiger partial charge is 0.493 e. The smallest absolute Gasteiger partial charge is 0.176 e. The topological polar surface area (TPSA) is 60.3 Å². The molecule has 0 bridgehead atoms. The van der Waals surface area contributed by atoms with Crippen molar-refractivity contribution in [2.24, 2.45) is 0 Å². The summed E-state index contributed by atoms with van der Waals surface area (Å²) in [5, 5.41) is 13.7. The first kappa shape index (κ1) is 19.7. The summed E-state index contributed by atoms with van der Waals surface area (Å²) in [6.07, 6.45) is 1.93. The maximum absolute atomic E-state index is 5.42. The molecule has 4 rings (SSSR count). The second-order valence-electron chi connectivity index (χ2n) is 6.69. The number of nitrogens with zero attached hydrogens (tertiary/aromatic N) is 2. The summed E-state index contributed by atoms with van der Waals surface area (Å²) in [7, 11) is 3.20. The molecule has 0 radical (unpaired) electrons. The van der Waals surface area contributed by atoms with E-state index >= 15 is 0 Å². The Hall–Kier alpha value is -3.58.